The largest absolute Gasteiger partial charge is 0.440 e. The van der Waals surface area contributed by atoms with Gasteiger partial charge in [0.1, 0.15) is 11.3 Å². The Labute approximate surface area is 113 Å². The molecule has 1 fully saturated rings. The average Bonchev–Trinajstić information content (AvgIpc) is 2.98. The molecule has 1 aliphatic heterocycles. The molecular formula is C13H16N2O3S. The number of ether oxygens (including phenoxy) is 1. The van der Waals surface area contributed by atoms with Crippen molar-refractivity contribution >= 4 is 27.6 Å². The predicted molar refractivity (Wildman–Crippen MR) is 74.1 cm³/mol. The molecule has 19 heavy (non-hydrogen) atoms. The summed E-state index contributed by atoms with van der Waals surface area (Å²) in [7, 11) is -1.02. The zero-order valence-corrected chi connectivity index (χ0v) is 11.3. The third kappa shape index (κ3) is 2.79. The number of para-hydroxylation sites is 1. The van der Waals surface area contributed by atoms with Crippen LogP contribution in [0, 0.1) is 0 Å². The van der Waals surface area contributed by atoms with Gasteiger partial charge in [0.25, 0.3) is 0 Å². The molecule has 1 aliphatic rings. The SMILES string of the molecule is Nc1cccc2oc(CS(=O)CC3CCCO3)nc12. The summed E-state index contributed by atoms with van der Waals surface area (Å²) in [5, 5.41) is 0. The highest BCUT2D eigenvalue weighted by atomic mass is 32.2. The number of nitrogens with zero attached hydrogens (tertiary/aromatic N) is 1. The summed E-state index contributed by atoms with van der Waals surface area (Å²) in [6.45, 7) is 0.779. The van der Waals surface area contributed by atoms with Crippen LogP contribution in [0.2, 0.25) is 0 Å². The van der Waals surface area contributed by atoms with Crippen molar-refractivity contribution in [2.75, 3.05) is 18.1 Å². The van der Waals surface area contributed by atoms with Gasteiger partial charge in [0.15, 0.2) is 5.58 Å². The monoisotopic (exact) mass is 280 g/mol. The third-order valence-corrected chi connectivity index (χ3v) is 4.49. The summed E-state index contributed by atoms with van der Waals surface area (Å²) < 4.78 is 23.1. The van der Waals surface area contributed by atoms with E-state index in [1.165, 1.54) is 0 Å². The van der Waals surface area contributed by atoms with Crippen LogP contribution in [0.1, 0.15) is 18.7 Å². The number of nitrogen functional groups attached to an aromatic ring is 1. The highest BCUT2D eigenvalue weighted by Gasteiger charge is 2.20. The van der Waals surface area contributed by atoms with Crippen LogP contribution in [0.3, 0.4) is 0 Å². The van der Waals surface area contributed by atoms with E-state index in [2.05, 4.69) is 4.98 Å². The Morgan fingerprint density at radius 3 is 3.11 bits per heavy atom. The molecule has 3 rings (SSSR count). The van der Waals surface area contributed by atoms with Crippen molar-refractivity contribution in [2.24, 2.45) is 0 Å². The number of nitrogens with two attached hydrogens (primary N) is 1. The van der Waals surface area contributed by atoms with Gasteiger partial charge in [-0.05, 0) is 25.0 Å². The molecule has 102 valence electrons. The molecule has 0 radical (unpaired) electrons. The Balaban J connectivity index is 1.70. The van der Waals surface area contributed by atoms with Gasteiger partial charge in [-0.3, -0.25) is 4.21 Å². The number of benzene rings is 1. The second kappa shape index (κ2) is 5.30. The Morgan fingerprint density at radius 1 is 1.47 bits per heavy atom. The summed E-state index contributed by atoms with van der Waals surface area (Å²) in [4.78, 5) is 4.30. The Kier molecular flexibility index (Phi) is 3.52. The molecule has 1 saturated heterocycles. The minimum atomic E-state index is -1.02. The first kappa shape index (κ1) is 12.6. The maximum absolute atomic E-state index is 12.0. The number of hydrogen-bond acceptors (Lipinski definition) is 5. The Morgan fingerprint density at radius 2 is 2.37 bits per heavy atom. The lowest BCUT2D eigenvalue weighted by Crippen LogP contribution is -2.16. The van der Waals surface area contributed by atoms with E-state index >= 15 is 0 Å². The molecule has 0 bridgehead atoms. The lowest BCUT2D eigenvalue weighted by atomic mass is 10.3. The maximum Gasteiger partial charge on any atom is 0.208 e. The second-order valence-electron chi connectivity index (χ2n) is 4.69. The minimum absolute atomic E-state index is 0.121. The van der Waals surface area contributed by atoms with E-state index in [0.29, 0.717) is 34.2 Å². The number of anilines is 1. The molecule has 0 spiro atoms. The van der Waals surface area contributed by atoms with Crippen LogP contribution in [0.5, 0.6) is 0 Å². The van der Waals surface area contributed by atoms with Crippen molar-refractivity contribution in [3.8, 4) is 0 Å². The fraction of sp³-hybridized carbons (Fsp3) is 0.462. The Hall–Kier alpha value is -1.40. The van der Waals surface area contributed by atoms with Crippen molar-refractivity contribution in [3.63, 3.8) is 0 Å². The first-order valence-electron chi connectivity index (χ1n) is 6.33. The van der Waals surface area contributed by atoms with Crippen molar-refractivity contribution < 1.29 is 13.4 Å². The van der Waals surface area contributed by atoms with E-state index in [9.17, 15) is 4.21 Å². The highest BCUT2D eigenvalue weighted by molar-refractivity contribution is 7.84. The molecule has 2 heterocycles. The molecule has 0 amide bonds. The van der Waals surface area contributed by atoms with E-state index in [0.717, 1.165) is 19.4 Å². The van der Waals surface area contributed by atoms with Crippen LogP contribution in [-0.2, 0) is 21.3 Å². The summed E-state index contributed by atoms with van der Waals surface area (Å²) in [5.74, 6) is 1.34. The molecule has 0 saturated carbocycles. The van der Waals surface area contributed by atoms with Crippen molar-refractivity contribution in [2.45, 2.75) is 24.7 Å². The number of hydrogen-bond donors (Lipinski definition) is 1. The van der Waals surface area contributed by atoms with Crippen LogP contribution in [0.4, 0.5) is 5.69 Å². The van der Waals surface area contributed by atoms with Crippen LogP contribution in [0.25, 0.3) is 11.1 Å². The normalized spacial score (nSPS) is 20.9. The van der Waals surface area contributed by atoms with Gasteiger partial charge < -0.3 is 14.9 Å². The van der Waals surface area contributed by atoms with Gasteiger partial charge in [-0.2, -0.15) is 0 Å². The number of oxazole rings is 1. The lowest BCUT2D eigenvalue weighted by molar-refractivity contribution is 0.128. The van der Waals surface area contributed by atoms with Crippen molar-refractivity contribution in [1.82, 2.24) is 4.98 Å². The number of rotatable bonds is 4. The van der Waals surface area contributed by atoms with Crippen molar-refractivity contribution in [1.29, 1.82) is 0 Å². The fourth-order valence-corrected chi connectivity index (χ4v) is 3.45. The zero-order valence-electron chi connectivity index (χ0n) is 10.5. The van der Waals surface area contributed by atoms with E-state index in [1.54, 1.807) is 6.07 Å². The number of fused-ring (bicyclic) bond motifs is 1. The first-order valence-corrected chi connectivity index (χ1v) is 7.81. The molecule has 1 aromatic carbocycles. The molecule has 2 unspecified atom stereocenters. The quantitative estimate of drug-likeness (QED) is 0.864. The standard InChI is InChI=1S/C13H16N2O3S/c14-10-4-1-5-11-13(10)15-12(18-11)8-19(16)7-9-3-2-6-17-9/h1,4-5,9H,2-3,6-8,14H2. The molecule has 2 aromatic rings. The Bertz CT molecular complexity index is 605. The molecule has 2 N–H and O–H groups in total. The van der Waals surface area contributed by atoms with Gasteiger partial charge >= 0.3 is 0 Å². The van der Waals surface area contributed by atoms with Gasteiger partial charge in [-0.15, -0.1) is 0 Å². The van der Waals surface area contributed by atoms with Crippen molar-refractivity contribution in [3.05, 3.63) is 24.1 Å². The van der Waals surface area contributed by atoms with E-state index in [4.69, 9.17) is 14.9 Å². The fourth-order valence-electron chi connectivity index (χ4n) is 2.26. The van der Waals surface area contributed by atoms with Crippen LogP contribution in [-0.4, -0.2) is 27.7 Å². The van der Waals surface area contributed by atoms with Crippen LogP contribution in [0.15, 0.2) is 22.6 Å². The topological polar surface area (TPSA) is 78.3 Å². The summed E-state index contributed by atoms with van der Waals surface area (Å²) >= 11 is 0. The lowest BCUT2D eigenvalue weighted by Gasteiger charge is -2.07. The van der Waals surface area contributed by atoms with E-state index in [-0.39, 0.29) is 6.10 Å². The molecule has 2 atom stereocenters. The average molecular weight is 280 g/mol. The molecule has 0 aliphatic carbocycles. The first-order chi connectivity index (χ1) is 9.22. The maximum atomic E-state index is 12.0. The van der Waals surface area contributed by atoms with E-state index < -0.39 is 10.8 Å². The van der Waals surface area contributed by atoms with Gasteiger partial charge in [0, 0.05) is 17.4 Å². The molecule has 1 aromatic heterocycles. The zero-order chi connectivity index (χ0) is 13.2. The number of aromatic nitrogens is 1. The summed E-state index contributed by atoms with van der Waals surface area (Å²) in [6, 6.07) is 5.40. The molecular weight excluding hydrogens is 264 g/mol. The summed E-state index contributed by atoms with van der Waals surface area (Å²) in [6.07, 6.45) is 2.17. The van der Waals surface area contributed by atoms with Gasteiger partial charge in [-0.1, -0.05) is 6.07 Å². The van der Waals surface area contributed by atoms with Gasteiger partial charge in [-0.25, -0.2) is 4.98 Å². The van der Waals surface area contributed by atoms with Crippen LogP contribution < -0.4 is 5.73 Å². The predicted octanol–water partition coefficient (Wildman–Crippen LogP) is 1.84. The smallest absolute Gasteiger partial charge is 0.208 e. The van der Waals surface area contributed by atoms with Crippen LogP contribution >= 0.6 is 0 Å². The molecule has 5 nitrogen and oxygen atoms in total. The molecule has 6 heteroatoms. The highest BCUT2D eigenvalue weighted by Crippen LogP contribution is 2.22. The minimum Gasteiger partial charge on any atom is -0.440 e. The van der Waals surface area contributed by atoms with E-state index in [1.807, 2.05) is 12.1 Å². The third-order valence-electron chi connectivity index (χ3n) is 3.17. The summed E-state index contributed by atoms with van der Waals surface area (Å²) in [5.41, 5.74) is 7.68. The second-order valence-corrected chi connectivity index (χ2v) is 6.19. The van der Waals surface area contributed by atoms with Gasteiger partial charge in [0.05, 0.1) is 17.5 Å². The van der Waals surface area contributed by atoms with Gasteiger partial charge in [0.2, 0.25) is 5.89 Å².